The Morgan fingerprint density at radius 2 is 1.76 bits per heavy atom. The van der Waals surface area contributed by atoms with Gasteiger partial charge in [-0.1, -0.05) is 36.4 Å². The molecule has 2 heterocycles. The van der Waals surface area contributed by atoms with Crippen LogP contribution in [-0.2, 0) is 11.2 Å². The third-order valence-electron chi connectivity index (χ3n) is 4.60. The number of amides is 1. The van der Waals surface area contributed by atoms with E-state index >= 15 is 0 Å². The van der Waals surface area contributed by atoms with E-state index in [1.54, 1.807) is 0 Å². The number of nitrogens with zero attached hydrogens (tertiary/aromatic N) is 2. The van der Waals surface area contributed by atoms with Crippen LogP contribution < -0.4 is 10.7 Å². The predicted octanol–water partition coefficient (Wildman–Crippen LogP) is 2.01. The number of piperazine rings is 1. The molecule has 0 radical (unpaired) electrons. The zero-order chi connectivity index (χ0) is 17.2. The minimum Gasteiger partial charge on any atom is -0.406 e. The summed E-state index contributed by atoms with van der Waals surface area (Å²) in [6, 6.07) is 15.5. The van der Waals surface area contributed by atoms with Crippen molar-refractivity contribution in [1.29, 1.82) is 0 Å². The minimum atomic E-state index is -0.445. The molecular formula is C19H19N3O3. The van der Waals surface area contributed by atoms with E-state index in [0.29, 0.717) is 43.7 Å². The highest BCUT2D eigenvalue weighted by atomic mass is 16.4. The van der Waals surface area contributed by atoms with E-state index in [0.717, 1.165) is 11.3 Å². The van der Waals surface area contributed by atoms with Gasteiger partial charge in [-0.25, -0.2) is 4.79 Å². The van der Waals surface area contributed by atoms with Crippen LogP contribution in [0, 0.1) is 0 Å². The molecule has 0 saturated carbocycles. The summed E-state index contributed by atoms with van der Waals surface area (Å²) in [5, 5.41) is 0. The number of hydrogen-bond donors (Lipinski definition) is 1. The number of nitrogens with one attached hydrogen (secondary N) is 1. The highest BCUT2D eigenvalue weighted by molar-refractivity contribution is 5.86. The van der Waals surface area contributed by atoms with Gasteiger partial charge in [-0.15, -0.1) is 0 Å². The molecule has 1 aliphatic heterocycles. The Labute approximate surface area is 144 Å². The standard InChI is InChI=1S/C19H19N3O3/c23-17(13-14-5-2-1-3-6-14)22-11-9-21(10-12-22)16-8-4-7-15-18(16)25-19(24)20-15/h1-8H,9-13H2,(H,20,24). The lowest BCUT2D eigenvalue weighted by Gasteiger charge is -2.36. The summed E-state index contributed by atoms with van der Waals surface area (Å²) < 4.78 is 5.27. The highest BCUT2D eigenvalue weighted by Gasteiger charge is 2.23. The van der Waals surface area contributed by atoms with Crippen LogP contribution in [0.5, 0.6) is 0 Å². The van der Waals surface area contributed by atoms with Gasteiger partial charge in [-0.2, -0.15) is 0 Å². The second kappa shape index (κ2) is 6.47. The number of rotatable bonds is 3. The summed E-state index contributed by atoms with van der Waals surface area (Å²) in [4.78, 5) is 30.7. The van der Waals surface area contributed by atoms with Crippen molar-refractivity contribution in [2.75, 3.05) is 31.1 Å². The van der Waals surface area contributed by atoms with Crippen molar-refractivity contribution in [1.82, 2.24) is 9.88 Å². The maximum Gasteiger partial charge on any atom is 0.417 e. The largest absolute Gasteiger partial charge is 0.417 e. The molecule has 1 N–H and O–H groups in total. The molecule has 1 aromatic heterocycles. The Balaban J connectivity index is 1.44. The van der Waals surface area contributed by atoms with E-state index in [9.17, 15) is 9.59 Å². The van der Waals surface area contributed by atoms with Crippen molar-refractivity contribution < 1.29 is 9.21 Å². The van der Waals surface area contributed by atoms with Gasteiger partial charge in [0.1, 0.15) is 0 Å². The van der Waals surface area contributed by atoms with E-state index in [1.165, 1.54) is 0 Å². The molecule has 25 heavy (non-hydrogen) atoms. The smallest absolute Gasteiger partial charge is 0.406 e. The van der Waals surface area contributed by atoms with Crippen LogP contribution in [0.15, 0.2) is 57.7 Å². The Bertz CT molecular complexity index is 937. The Morgan fingerprint density at radius 3 is 2.52 bits per heavy atom. The number of para-hydroxylation sites is 1. The number of anilines is 1. The van der Waals surface area contributed by atoms with Crippen LogP contribution in [0.25, 0.3) is 11.1 Å². The number of carbonyl (C=O) groups is 1. The first-order valence-electron chi connectivity index (χ1n) is 8.39. The van der Waals surface area contributed by atoms with Gasteiger partial charge >= 0.3 is 5.76 Å². The first kappa shape index (κ1) is 15.5. The number of H-pyrrole nitrogens is 1. The summed E-state index contributed by atoms with van der Waals surface area (Å²) in [7, 11) is 0. The van der Waals surface area contributed by atoms with Crippen LogP contribution in [0.1, 0.15) is 5.56 Å². The van der Waals surface area contributed by atoms with Gasteiger partial charge in [-0.3, -0.25) is 9.78 Å². The number of hydrogen-bond acceptors (Lipinski definition) is 4. The molecule has 0 unspecified atom stereocenters. The van der Waals surface area contributed by atoms with Gasteiger partial charge in [0.15, 0.2) is 5.58 Å². The lowest BCUT2D eigenvalue weighted by atomic mass is 10.1. The Morgan fingerprint density at radius 1 is 1.00 bits per heavy atom. The molecule has 1 aliphatic rings. The van der Waals surface area contributed by atoms with Crippen LogP contribution in [0.4, 0.5) is 5.69 Å². The third kappa shape index (κ3) is 3.15. The average molecular weight is 337 g/mol. The van der Waals surface area contributed by atoms with Crippen molar-refractivity contribution in [3.05, 3.63) is 64.6 Å². The second-order valence-electron chi connectivity index (χ2n) is 6.20. The third-order valence-corrected chi connectivity index (χ3v) is 4.60. The van der Waals surface area contributed by atoms with Crippen molar-refractivity contribution in [2.45, 2.75) is 6.42 Å². The molecule has 3 aromatic rings. The predicted molar refractivity (Wildman–Crippen MR) is 95.8 cm³/mol. The van der Waals surface area contributed by atoms with Gasteiger partial charge in [0.2, 0.25) is 5.91 Å². The monoisotopic (exact) mass is 337 g/mol. The van der Waals surface area contributed by atoms with Crippen molar-refractivity contribution >= 4 is 22.7 Å². The molecule has 6 nitrogen and oxygen atoms in total. The van der Waals surface area contributed by atoms with Crippen LogP contribution in [0.3, 0.4) is 0 Å². The summed E-state index contributed by atoms with van der Waals surface area (Å²) in [6.45, 7) is 2.76. The fourth-order valence-electron chi connectivity index (χ4n) is 3.29. The molecule has 0 bridgehead atoms. The molecule has 4 rings (SSSR count). The zero-order valence-corrected chi connectivity index (χ0v) is 13.8. The van der Waals surface area contributed by atoms with E-state index < -0.39 is 5.76 Å². The summed E-state index contributed by atoms with van der Waals surface area (Å²) in [5.74, 6) is -0.295. The number of carbonyl (C=O) groups excluding carboxylic acids is 1. The van der Waals surface area contributed by atoms with Gasteiger partial charge in [0.05, 0.1) is 17.6 Å². The molecule has 128 valence electrons. The molecule has 1 saturated heterocycles. The van der Waals surface area contributed by atoms with Gasteiger partial charge in [0, 0.05) is 26.2 Å². The first-order chi connectivity index (χ1) is 12.2. The van der Waals surface area contributed by atoms with Gasteiger partial charge in [-0.05, 0) is 17.7 Å². The van der Waals surface area contributed by atoms with E-state index in [-0.39, 0.29) is 5.91 Å². The average Bonchev–Trinajstić information content (AvgIpc) is 3.03. The molecule has 0 atom stereocenters. The summed E-state index contributed by atoms with van der Waals surface area (Å²) in [6.07, 6.45) is 0.434. The Hall–Kier alpha value is -3.02. The summed E-state index contributed by atoms with van der Waals surface area (Å²) >= 11 is 0. The quantitative estimate of drug-likeness (QED) is 0.794. The molecule has 0 spiro atoms. The maximum atomic E-state index is 12.5. The van der Waals surface area contributed by atoms with Crippen molar-refractivity contribution in [3.63, 3.8) is 0 Å². The first-order valence-corrected chi connectivity index (χ1v) is 8.39. The normalized spacial score (nSPS) is 14.9. The Kier molecular flexibility index (Phi) is 4.01. The molecule has 0 aliphatic carbocycles. The number of aromatic amines is 1. The number of aromatic nitrogens is 1. The maximum absolute atomic E-state index is 12.5. The highest BCUT2D eigenvalue weighted by Crippen LogP contribution is 2.25. The molecule has 2 aromatic carbocycles. The minimum absolute atomic E-state index is 0.150. The number of fused-ring (bicyclic) bond motifs is 1. The van der Waals surface area contributed by atoms with E-state index in [2.05, 4.69) is 9.88 Å². The number of oxazole rings is 1. The van der Waals surface area contributed by atoms with E-state index in [1.807, 2.05) is 53.4 Å². The van der Waals surface area contributed by atoms with Crippen molar-refractivity contribution in [2.24, 2.45) is 0 Å². The fourth-order valence-corrected chi connectivity index (χ4v) is 3.29. The topological polar surface area (TPSA) is 69.6 Å². The SMILES string of the molecule is O=C(Cc1ccccc1)N1CCN(c2cccc3[nH]c(=O)oc23)CC1. The molecular weight excluding hydrogens is 318 g/mol. The van der Waals surface area contributed by atoms with Gasteiger partial charge in [0.25, 0.3) is 0 Å². The fraction of sp³-hybridized carbons (Fsp3) is 0.263. The molecule has 1 amide bonds. The molecule has 6 heteroatoms. The van der Waals surface area contributed by atoms with Crippen molar-refractivity contribution in [3.8, 4) is 0 Å². The lowest BCUT2D eigenvalue weighted by Crippen LogP contribution is -2.49. The lowest BCUT2D eigenvalue weighted by molar-refractivity contribution is -0.130. The number of benzene rings is 2. The van der Waals surface area contributed by atoms with Crippen LogP contribution >= 0.6 is 0 Å². The summed E-state index contributed by atoms with van der Waals surface area (Å²) in [5.41, 5.74) is 3.21. The van der Waals surface area contributed by atoms with Crippen LogP contribution in [-0.4, -0.2) is 42.0 Å². The molecule has 1 fully saturated rings. The zero-order valence-electron chi connectivity index (χ0n) is 13.8. The van der Waals surface area contributed by atoms with Gasteiger partial charge < -0.3 is 14.2 Å². The second-order valence-corrected chi connectivity index (χ2v) is 6.20. The van der Waals surface area contributed by atoms with Crippen LogP contribution in [0.2, 0.25) is 0 Å². The van der Waals surface area contributed by atoms with E-state index in [4.69, 9.17) is 4.42 Å².